The van der Waals surface area contributed by atoms with Gasteiger partial charge in [-0.25, -0.2) is 0 Å². The van der Waals surface area contributed by atoms with Crippen LogP contribution in [-0.4, -0.2) is 36.6 Å². The van der Waals surface area contributed by atoms with Crippen LogP contribution in [0.5, 0.6) is 0 Å². The molecule has 114 valence electrons. The van der Waals surface area contributed by atoms with E-state index in [1.54, 1.807) is 7.11 Å². The van der Waals surface area contributed by atoms with Crippen molar-refractivity contribution in [2.24, 2.45) is 5.41 Å². The summed E-state index contributed by atoms with van der Waals surface area (Å²) < 4.78 is 5.55. The Morgan fingerprint density at radius 2 is 2.00 bits per heavy atom. The van der Waals surface area contributed by atoms with Crippen molar-refractivity contribution >= 4 is 5.91 Å². The fourth-order valence-electron chi connectivity index (χ4n) is 3.20. The Bertz CT molecular complexity index is 369. The minimum atomic E-state index is -0.838. The van der Waals surface area contributed by atoms with E-state index in [1.807, 2.05) is 25.7 Å². The van der Waals surface area contributed by atoms with Crippen molar-refractivity contribution in [2.75, 3.05) is 20.2 Å². The van der Waals surface area contributed by atoms with Gasteiger partial charge >= 0.3 is 0 Å². The Balaban J connectivity index is 2.92. The molecule has 1 unspecified atom stereocenters. The Morgan fingerprint density at radius 3 is 2.45 bits per heavy atom. The number of hydrogen-bond acceptors (Lipinski definition) is 3. The normalized spacial score (nSPS) is 23.4. The monoisotopic (exact) mass is 280 g/mol. The zero-order valence-electron chi connectivity index (χ0n) is 13.4. The molecule has 4 heteroatoms. The van der Waals surface area contributed by atoms with E-state index >= 15 is 0 Å². The molecule has 0 aromatic rings. The van der Waals surface area contributed by atoms with Crippen molar-refractivity contribution in [3.05, 3.63) is 0 Å². The number of likely N-dealkylation sites (tertiary alicyclic amines) is 1. The molecule has 1 heterocycles. The van der Waals surface area contributed by atoms with E-state index in [-0.39, 0.29) is 11.5 Å². The van der Waals surface area contributed by atoms with Crippen LogP contribution in [0.1, 0.15) is 59.3 Å². The quantitative estimate of drug-likeness (QED) is 0.751. The van der Waals surface area contributed by atoms with Gasteiger partial charge in [-0.15, -0.1) is 0 Å². The summed E-state index contributed by atoms with van der Waals surface area (Å²) in [6.07, 6.45) is 4.92. The topological polar surface area (TPSA) is 53.3 Å². The predicted molar refractivity (Wildman–Crippen MR) is 79.1 cm³/mol. The predicted octanol–water partition coefficient (Wildman–Crippen LogP) is 3.12. The van der Waals surface area contributed by atoms with E-state index in [4.69, 9.17) is 4.74 Å². The summed E-state index contributed by atoms with van der Waals surface area (Å²) in [4.78, 5) is 14.7. The van der Waals surface area contributed by atoms with Gasteiger partial charge in [0.15, 0.2) is 0 Å². The average molecular weight is 280 g/mol. The molecular formula is C16H28N2O2. The number of amides is 1. The van der Waals surface area contributed by atoms with Crippen molar-refractivity contribution in [3.63, 3.8) is 0 Å². The Labute approximate surface area is 123 Å². The van der Waals surface area contributed by atoms with Crippen LogP contribution in [0.15, 0.2) is 0 Å². The van der Waals surface area contributed by atoms with Crippen LogP contribution in [0, 0.1) is 16.7 Å². The maximum atomic E-state index is 12.9. The number of ether oxygens (including phenoxy) is 1. The van der Waals surface area contributed by atoms with Gasteiger partial charge < -0.3 is 9.64 Å². The lowest BCUT2D eigenvalue weighted by atomic mass is 9.78. The molecule has 0 aromatic carbocycles. The highest BCUT2D eigenvalue weighted by molar-refractivity contribution is 5.85. The molecule has 1 saturated heterocycles. The zero-order valence-corrected chi connectivity index (χ0v) is 13.4. The maximum Gasteiger partial charge on any atom is 0.243 e. The summed E-state index contributed by atoms with van der Waals surface area (Å²) in [6.45, 7) is 7.45. The van der Waals surface area contributed by atoms with Crippen LogP contribution >= 0.6 is 0 Å². The number of methoxy groups -OCH3 is 1. The molecule has 1 atom stereocenters. The molecule has 0 radical (unpaired) electrons. The van der Waals surface area contributed by atoms with Crippen LogP contribution in [0.2, 0.25) is 0 Å². The molecule has 1 amide bonds. The average Bonchev–Trinajstić information content (AvgIpc) is 2.46. The van der Waals surface area contributed by atoms with Crippen molar-refractivity contribution in [3.8, 4) is 6.07 Å². The third-order valence-electron chi connectivity index (χ3n) is 4.42. The van der Waals surface area contributed by atoms with Crippen molar-refractivity contribution in [1.29, 1.82) is 5.26 Å². The molecule has 0 saturated carbocycles. The lowest BCUT2D eigenvalue weighted by molar-refractivity contribution is -0.147. The summed E-state index contributed by atoms with van der Waals surface area (Å²) in [6, 6.07) is 2.33. The van der Waals surface area contributed by atoms with E-state index in [0.29, 0.717) is 19.4 Å². The summed E-state index contributed by atoms with van der Waals surface area (Å²) in [5.41, 5.74) is -1.11. The largest absolute Gasteiger partial charge is 0.377 e. The first-order valence-electron chi connectivity index (χ1n) is 7.72. The Morgan fingerprint density at radius 1 is 1.40 bits per heavy atom. The molecule has 20 heavy (non-hydrogen) atoms. The van der Waals surface area contributed by atoms with Gasteiger partial charge in [0, 0.05) is 20.2 Å². The van der Waals surface area contributed by atoms with Crippen molar-refractivity contribution in [1.82, 2.24) is 4.90 Å². The number of nitrogens with zero attached hydrogens (tertiary/aromatic N) is 2. The molecule has 0 N–H and O–H groups in total. The van der Waals surface area contributed by atoms with E-state index < -0.39 is 5.41 Å². The molecule has 1 aliphatic heterocycles. The lowest BCUT2D eigenvalue weighted by Gasteiger charge is -2.42. The van der Waals surface area contributed by atoms with Gasteiger partial charge in [-0.05, 0) is 32.6 Å². The standard InChI is InChI=1S/C16H28N2O2/c1-5-8-16(12-17,9-6-2)14(19)18-11-7-10-15(3,13-18)20-4/h5-11,13H2,1-4H3. The second-order valence-electron chi connectivity index (χ2n) is 6.18. The SMILES string of the molecule is CCCC(C#N)(CCC)C(=O)N1CCCC(C)(OC)C1. The Hall–Kier alpha value is -1.08. The van der Waals surface area contributed by atoms with Crippen molar-refractivity contribution < 1.29 is 9.53 Å². The first-order chi connectivity index (χ1) is 9.47. The van der Waals surface area contributed by atoms with Crippen molar-refractivity contribution in [2.45, 2.75) is 64.9 Å². The highest BCUT2D eigenvalue weighted by atomic mass is 16.5. The summed E-state index contributed by atoms with van der Waals surface area (Å²) in [7, 11) is 1.70. The summed E-state index contributed by atoms with van der Waals surface area (Å²) in [5, 5.41) is 9.60. The van der Waals surface area contributed by atoms with Crippen LogP contribution in [0.3, 0.4) is 0 Å². The molecule has 1 rings (SSSR count). The van der Waals surface area contributed by atoms with E-state index in [9.17, 15) is 10.1 Å². The third kappa shape index (κ3) is 3.52. The van der Waals surface area contributed by atoms with Crippen LogP contribution < -0.4 is 0 Å². The second kappa shape index (κ2) is 7.08. The fourth-order valence-corrected chi connectivity index (χ4v) is 3.20. The van der Waals surface area contributed by atoms with Gasteiger partial charge in [-0.3, -0.25) is 4.79 Å². The molecule has 0 aliphatic carbocycles. The number of nitriles is 1. The van der Waals surface area contributed by atoms with Gasteiger partial charge in [-0.2, -0.15) is 5.26 Å². The molecule has 1 fully saturated rings. The molecule has 0 bridgehead atoms. The lowest BCUT2D eigenvalue weighted by Crippen LogP contribution is -2.53. The summed E-state index contributed by atoms with van der Waals surface area (Å²) in [5.74, 6) is 0.00618. The van der Waals surface area contributed by atoms with Gasteiger partial charge in [0.2, 0.25) is 5.91 Å². The number of carbonyl (C=O) groups excluding carboxylic acids is 1. The first kappa shape index (κ1) is 17.0. The molecular weight excluding hydrogens is 252 g/mol. The highest BCUT2D eigenvalue weighted by Crippen LogP contribution is 2.34. The smallest absolute Gasteiger partial charge is 0.243 e. The van der Waals surface area contributed by atoms with E-state index in [2.05, 4.69) is 6.07 Å². The number of carbonyl (C=O) groups is 1. The molecule has 4 nitrogen and oxygen atoms in total. The third-order valence-corrected chi connectivity index (χ3v) is 4.42. The Kier molecular flexibility index (Phi) is 6.01. The van der Waals surface area contributed by atoms with Crippen LogP contribution in [0.25, 0.3) is 0 Å². The van der Waals surface area contributed by atoms with Gasteiger partial charge in [-0.1, -0.05) is 26.7 Å². The molecule has 0 aromatic heterocycles. The maximum absolute atomic E-state index is 12.9. The van der Waals surface area contributed by atoms with Gasteiger partial charge in [0.25, 0.3) is 0 Å². The van der Waals surface area contributed by atoms with Gasteiger partial charge in [0.05, 0.1) is 11.7 Å². The highest BCUT2D eigenvalue weighted by Gasteiger charge is 2.43. The van der Waals surface area contributed by atoms with E-state index in [1.165, 1.54) is 0 Å². The van der Waals surface area contributed by atoms with Crippen LogP contribution in [0.4, 0.5) is 0 Å². The number of piperidine rings is 1. The molecule has 1 aliphatic rings. The summed E-state index contributed by atoms with van der Waals surface area (Å²) >= 11 is 0. The number of hydrogen-bond donors (Lipinski definition) is 0. The first-order valence-corrected chi connectivity index (χ1v) is 7.72. The fraction of sp³-hybridized carbons (Fsp3) is 0.875. The minimum absolute atomic E-state index is 0.00618. The minimum Gasteiger partial charge on any atom is -0.377 e. The molecule has 0 spiro atoms. The number of rotatable bonds is 6. The van der Waals surface area contributed by atoms with Gasteiger partial charge in [0.1, 0.15) is 5.41 Å². The second-order valence-corrected chi connectivity index (χ2v) is 6.18. The van der Waals surface area contributed by atoms with E-state index in [0.717, 1.165) is 32.2 Å². The zero-order chi connectivity index (χ0) is 15.2. The van der Waals surface area contributed by atoms with Crippen LogP contribution in [-0.2, 0) is 9.53 Å².